The predicted octanol–water partition coefficient (Wildman–Crippen LogP) is 2.19. The van der Waals surface area contributed by atoms with Crippen LogP contribution in [-0.4, -0.2) is 55.2 Å². The number of benzene rings is 1. The molecule has 1 aromatic carbocycles. The molecule has 1 fully saturated rings. The highest BCUT2D eigenvalue weighted by atomic mass is 35.5. The second-order valence-corrected chi connectivity index (χ2v) is 5.69. The minimum atomic E-state index is 0.195. The highest BCUT2D eigenvalue weighted by Crippen LogP contribution is 2.34. The molecule has 0 radical (unpaired) electrons. The summed E-state index contributed by atoms with van der Waals surface area (Å²) in [5, 5.41) is 10.7. The lowest BCUT2D eigenvalue weighted by Gasteiger charge is -2.21. The van der Waals surface area contributed by atoms with Gasteiger partial charge in [-0.15, -0.1) is 0 Å². The van der Waals surface area contributed by atoms with Gasteiger partial charge in [-0.1, -0.05) is 11.6 Å². The lowest BCUT2D eigenvalue weighted by Crippen LogP contribution is -2.31. The number of phenolic OH excluding ortho intramolecular Hbond substituents is 1. The van der Waals surface area contributed by atoms with Crippen molar-refractivity contribution in [2.75, 3.05) is 34.3 Å². The van der Waals surface area contributed by atoms with E-state index in [1.165, 1.54) is 7.11 Å². The van der Waals surface area contributed by atoms with Crippen molar-refractivity contribution < 1.29 is 9.84 Å². The van der Waals surface area contributed by atoms with Crippen LogP contribution in [0.4, 0.5) is 0 Å². The predicted molar refractivity (Wildman–Crippen MR) is 77.0 cm³/mol. The molecule has 19 heavy (non-hydrogen) atoms. The van der Waals surface area contributed by atoms with Gasteiger partial charge >= 0.3 is 0 Å². The molecule has 1 saturated heterocycles. The summed E-state index contributed by atoms with van der Waals surface area (Å²) in [7, 11) is 5.75. The monoisotopic (exact) mass is 284 g/mol. The molecule has 0 bridgehead atoms. The van der Waals surface area contributed by atoms with E-state index >= 15 is 0 Å². The van der Waals surface area contributed by atoms with Crippen molar-refractivity contribution in [3.8, 4) is 11.5 Å². The van der Waals surface area contributed by atoms with Gasteiger partial charge in [-0.25, -0.2) is 0 Å². The molecule has 1 heterocycles. The molecule has 0 amide bonds. The number of hydrogen-bond acceptors (Lipinski definition) is 4. The second-order valence-electron chi connectivity index (χ2n) is 5.26. The van der Waals surface area contributed by atoms with Gasteiger partial charge in [0.25, 0.3) is 0 Å². The number of likely N-dealkylation sites (tertiary alicyclic amines) is 1. The number of hydrogen-bond donors (Lipinski definition) is 1. The minimum Gasteiger partial charge on any atom is -0.504 e. The number of likely N-dealkylation sites (N-methyl/N-ethyl adjacent to an activating group) is 1. The normalized spacial score (nSPS) is 20.2. The average Bonchev–Trinajstić information content (AvgIpc) is 2.82. The fourth-order valence-corrected chi connectivity index (χ4v) is 2.75. The zero-order chi connectivity index (χ0) is 14.0. The van der Waals surface area contributed by atoms with E-state index in [2.05, 4.69) is 23.9 Å². The van der Waals surface area contributed by atoms with E-state index in [4.69, 9.17) is 16.3 Å². The van der Waals surface area contributed by atoms with E-state index in [-0.39, 0.29) is 5.75 Å². The van der Waals surface area contributed by atoms with Gasteiger partial charge in [0.15, 0.2) is 11.5 Å². The van der Waals surface area contributed by atoms with Gasteiger partial charge in [-0.2, -0.15) is 0 Å². The van der Waals surface area contributed by atoms with Gasteiger partial charge in [0.05, 0.1) is 7.11 Å². The van der Waals surface area contributed by atoms with Gasteiger partial charge in [-0.3, -0.25) is 4.90 Å². The molecule has 1 aromatic rings. The number of methoxy groups -OCH3 is 1. The molecule has 0 aromatic heterocycles. The first kappa shape index (κ1) is 14.4. The Labute approximate surface area is 119 Å². The molecule has 1 aliphatic rings. The maximum Gasteiger partial charge on any atom is 0.162 e. The van der Waals surface area contributed by atoms with E-state index in [9.17, 15) is 5.11 Å². The van der Waals surface area contributed by atoms with Crippen molar-refractivity contribution in [1.82, 2.24) is 9.80 Å². The van der Waals surface area contributed by atoms with Crippen LogP contribution in [0.25, 0.3) is 0 Å². The molecule has 5 heteroatoms. The molecule has 2 rings (SSSR count). The summed E-state index contributed by atoms with van der Waals surface area (Å²) >= 11 is 6.05. The van der Waals surface area contributed by atoms with E-state index < -0.39 is 0 Å². The van der Waals surface area contributed by atoms with Crippen molar-refractivity contribution in [2.45, 2.75) is 19.0 Å². The van der Waals surface area contributed by atoms with Crippen molar-refractivity contribution in [3.63, 3.8) is 0 Å². The maximum atomic E-state index is 10.1. The third-order valence-corrected chi connectivity index (χ3v) is 3.93. The highest BCUT2D eigenvalue weighted by Gasteiger charge is 2.25. The number of nitrogens with zero attached hydrogens (tertiary/aromatic N) is 2. The van der Waals surface area contributed by atoms with Crippen molar-refractivity contribution in [3.05, 3.63) is 22.7 Å². The Morgan fingerprint density at radius 2 is 2.21 bits per heavy atom. The second kappa shape index (κ2) is 5.99. The van der Waals surface area contributed by atoms with Gasteiger partial charge in [0.1, 0.15) is 0 Å². The smallest absolute Gasteiger partial charge is 0.162 e. The molecule has 0 saturated carbocycles. The van der Waals surface area contributed by atoms with Crippen molar-refractivity contribution in [1.29, 1.82) is 0 Å². The van der Waals surface area contributed by atoms with Gasteiger partial charge in [-0.05, 0) is 26.6 Å². The summed E-state index contributed by atoms with van der Waals surface area (Å²) < 4.78 is 5.13. The van der Waals surface area contributed by atoms with E-state index in [0.717, 1.165) is 25.1 Å². The first-order valence-electron chi connectivity index (χ1n) is 6.45. The molecule has 1 unspecified atom stereocenters. The first-order chi connectivity index (χ1) is 9.01. The largest absolute Gasteiger partial charge is 0.504 e. The van der Waals surface area contributed by atoms with Crippen LogP contribution in [-0.2, 0) is 6.54 Å². The van der Waals surface area contributed by atoms with Crippen LogP contribution < -0.4 is 4.74 Å². The Hall–Kier alpha value is -0.970. The van der Waals surface area contributed by atoms with Crippen LogP contribution >= 0.6 is 11.6 Å². The fourth-order valence-electron chi connectivity index (χ4n) is 2.52. The van der Waals surface area contributed by atoms with E-state index in [1.807, 2.05) is 6.07 Å². The third-order valence-electron chi connectivity index (χ3n) is 3.71. The van der Waals surface area contributed by atoms with Gasteiger partial charge < -0.3 is 14.7 Å². The van der Waals surface area contributed by atoms with Crippen LogP contribution in [0.2, 0.25) is 5.02 Å². The standard InChI is InChI=1S/C14H21ClN2O2/c1-16(2)12-4-5-17(9-12)8-10-6-11(15)7-13(19-3)14(10)18/h6-7,12,18H,4-5,8-9H2,1-3H3. The summed E-state index contributed by atoms with van der Waals surface area (Å²) in [6.07, 6.45) is 1.16. The Bertz CT molecular complexity index is 451. The topological polar surface area (TPSA) is 35.9 Å². The summed E-state index contributed by atoms with van der Waals surface area (Å²) in [5.41, 5.74) is 0.823. The fraction of sp³-hybridized carbons (Fsp3) is 0.571. The SMILES string of the molecule is COc1cc(Cl)cc(CN2CCC(N(C)C)C2)c1O. The Morgan fingerprint density at radius 3 is 2.79 bits per heavy atom. The number of aromatic hydroxyl groups is 1. The number of phenols is 1. The Kier molecular flexibility index (Phi) is 4.55. The summed E-state index contributed by atoms with van der Waals surface area (Å²) in [5.74, 6) is 0.631. The van der Waals surface area contributed by atoms with Gasteiger partial charge in [0, 0.05) is 42.3 Å². The van der Waals surface area contributed by atoms with Crippen LogP contribution in [0.5, 0.6) is 11.5 Å². The van der Waals surface area contributed by atoms with Crippen molar-refractivity contribution >= 4 is 11.6 Å². The lowest BCUT2D eigenvalue weighted by atomic mass is 10.1. The van der Waals surface area contributed by atoms with Crippen LogP contribution in [0, 0.1) is 0 Å². The maximum absolute atomic E-state index is 10.1. The highest BCUT2D eigenvalue weighted by molar-refractivity contribution is 6.30. The molecular weight excluding hydrogens is 264 g/mol. The summed E-state index contributed by atoms with van der Waals surface area (Å²) in [6.45, 7) is 2.76. The average molecular weight is 285 g/mol. The number of ether oxygens (including phenoxy) is 1. The number of halogens is 1. The molecule has 106 valence electrons. The lowest BCUT2D eigenvalue weighted by molar-refractivity contribution is 0.262. The molecule has 1 aliphatic heterocycles. The summed E-state index contributed by atoms with van der Waals surface area (Å²) in [4.78, 5) is 4.58. The molecule has 1 atom stereocenters. The van der Waals surface area contributed by atoms with E-state index in [1.54, 1.807) is 6.07 Å². The van der Waals surface area contributed by atoms with Crippen LogP contribution in [0.15, 0.2) is 12.1 Å². The van der Waals surface area contributed by atoms with Crippen molar-refractivity contribution in [2.24, 2.45) is 0 Å². The Balaban J connectivity index is 2.10. The van der Waals surface area contributed by atoms with Crippen LogP contribution in [0.1, 0.15) is 12.0 Å². The quantitative estimate of drug-likeness (QED) is 0.919. The third kappa shape index (κ3) is 3.32. The molecule has 1 N–H and O–H groups in total. The van der Waals surface area contributed by atoms with Gasteiger partial charge in [0.2, 0.25) is 0 Å². The molecule has 0 aliphatic carbocycles. The minimum absolute atomic E-state index is 0.195. The molecule has 0 spiro atoms. The van der Waals surface area contributed by atoms with Crippen LogP contribution in [0.3, 0.4) is 0 Å². The first-order valence-corrected chi connectivity index (χ1v) is 6.83. The Morgan fingerprint density at radius 1 is 1.47 bits per heavy atom. The number of rotatable bonds is 4. The molecule has 4 nitrogen and oxygen atoms in total. The molecular formula is C14H21ClN2O2. The summed E-state index contributed by atoms with van der Waals surface area (Å²) in [6, 6.07) is 4.03. The zero-order valence-corrected chi connectivity index (χ0v) is 12.4. The zero-order valence-electron chi connectivity index (χ0n) is 11.7. The van der Waals surface area contributed by atoms with E-state index in [0.29, 0.717) is 23.4 Å².